The second-order valence-corrected chi connectivity index (χ2v) is 5.63. The first kappa shape index (κ1) is 16.3. The van der Waals surface area contributed by atoms with Gasteiger partial charge < -0.3 is 9.15 Å². The molecule has 5 heteroatoms. The number of nitrogens with zero attached hydrogens (tertiary/aromatic N) is 1. The van der Waals surface area contributed by atoms with Crippen LogP contribution in [-0.4, -0.2) is 17.6 Å². The van der Waals surface area contributed by atoms with Gasteiger partial charge in [-0.05, 0) is 6.92 Å². The molecule has 3 rings (SSSR count). The van der Waals surface area contributed by atoms with Crippen molar-refractivity contribution in [1.29, 1.82) is 0 Å². The summed E-state index contributed by atoms with van der Waals surface area (Å²) in [5.74, 6) is 0.371. The van der Waals surface area contributed by atoms with Crippen LogP contribution in [-0.2, 0) is 9.53 Å². The van der Waals surface area contributed by atoms with Crippen molar-refractivity contribution < 1.29 is 13.9 Å². The molecule has 1 aromatic heterocycles. The second kappa shape index (κ2) is 7.36. The molecule has 0 radical (unpaired) electrons. The van der Waals surface area contributed by atoms with E-state index in [1.807, 2.05) is 60.7 Å². The van der Waals surface area contributed by atoms with Gasteiger partial charge in [0.1, 0.15) is 5.69 Å². The van der Waals surface area contributed by atoms with Crippen molar-refractivity contribution in [3.63, 3.8) is 0 Å². The fraction of sp³-hybridized carbons (Fsp3) is 0.158. The molecule has 0 aliphatic rings. The lowest BCUT2D eigenvalue weighted by Gasteiger charge is -2.05. The third-order valence-electron chi connectivity index (χ3n) is 3.47. The number of ether oxygens (including phenoxy) is 1. The van der Waals surface area contributed by atoms with Gasteiger partial charge >= 0.3 is 5.97 Å². The summed E-state index contributed by atoms with van der Waals surface area (Å²) in [6, 6.07) is 19.4. The zero-order valence-electron chi connectivity index (χ0n) is 13.2. The number of rotatable bonds is 5. The molecule has 0 saturated heterocycles. The Morgan fingerprint density at radius 1 is 1.08 bits per heavy atom. The highest BCUT2D eigenvalue weighted by Crippen LogP contribution is 2.35. The number of oxazole rings is 1. The number of carbonyl (C=O) groups is 1. The molecule has 1 atom stereocenters. The van der Waals surface area contributed by atoms with Gasteiger partial charge in [0.2, 0.25) is 5.89 Å². The standard InChI is InChI=1S/C19H17NO3S/c1-2-22-19(21)17(24)18-20-15(13-9-5-3-6-10-13)16(23-18)14-11-7-4-8-12-14/h3-12,17,24H,2H2,1H3. The average Bonchev–Trinajstić information content (AvgIpc) is 3.08. The highest BCUT2D eigenvalue weighted by molar-refractivity contribution is 7.81. The molecular weight excluding hydrogens is 322 g/mol. The van der Waals surface area contributed by atoms with Gasteiger partial charge in [0.15, 0.2) is 11.0 Å². The van der Waals surface area contributed by atoms with Crippen molar-refractivity contribution in [3.05, 3.63) is 66.6 Å². The molecule has 122 valence electrons. The molecule has 0 fully saturated rings. The Labute approximate surface area is 145 Å². The third kappa shape index (κ3) is 3.36. The number of hydrogen-bond acceptors (Lipinski definition) is 5. The molecular formula is C19H17NO3S. The lowest BCUT2D eigenvalue weighted by atomic mass is 10.1. The molecule has 2 aromatic carbocycles. The summed E-state index contributed by atoms with van der Waals surface area (Å²) in [7, 11) is 0. The monoisotopic (exact) mass is 339 g/mol. The first-order chi connectivity index (χ1) is 11.7. The van der Waals surface area contributed by atoms with E-state index in [1.165, 1.54) is 0 Å². The molecule has 0 amide bonds. The Hall–Kier alpha value is -2.53. The second-order valence-electron chi connectivity index (χ2n) is 5.12. The van der Waals surface area contributed by atoms with Crippen molar-refractivity contribution in [2.75, 3.05) is 6.61 Å². The van der Waals surface area contributed by atoms with Gasteiger partial charge in [-0.1, -0.05) is 60.7 Å². The van der Waals surface area contributed by atoms with Gasteiger partial charge in [-0.25, -0.2) is 4.98 Å². The van der Waals surface area contributed by atoms with Gasteiger partial charge in [-0.2, -0.15) is 12.6 Å². The van der Waals surface area contributed by atoms with Crippen LogP contribution in [0.5, 0.6) is 0 Å². The fourth-order valence-corrected chi connectivity index (χ4v) is 2.54. The van der Waals surface area contributed by atoms with Crippen LogP contribution in [0.3, 0.4) is 0 Å². The number of aromatic nitrogens is 1. The molecule has 0 saturated carbocycles. The number of benzene rings is 2. The van der Waals surface area contributed by atoms with Crippen LogP contribution >= 0.6 is 12.6 Å². The smallest absolute Gasteiger partial charge is 0.328 e. The van der Waals surface area contributed by atoms with E-state index >= 15 is 0 Å². The van der Waals surface area contributed by atoms with E-state index in [2.05, 4.69) is 17.6 Å². The summed E-state index contributed by atoms with van der Waals surface area (Å²) in [5.41, 5.74) is 2.48. The first-order valence-corrected chi connectivity index (χ1v) is 8.18. The van der Waals surface area contributed by atoms with Crippen molar-refractivity contribution in [2.45, 2.75) is 12.2 Å². The zero-order valence-corrected chi connectivity index (χ0v) is 14.1. The van der Waals surface area contributed by atoms with Crippen molar-refractivity contribution in [2.24, 2.45) is 0 Å². The maximum absolute atomic E-state index is 11.9. The van der Waals surface area contributed by atoms with Crippen molar-refractivity contribution in [3.8, 4) is 22.6 Å². The molecule has 24 heavy (non-hydrogen) atoms. The highest BCUT2D eigenvalue weighted by atomic mass is 32.1. The Morgan fingerprint density at radius 2 is 1.67 bits per heavy atom. The van der Waals surface area contributed by atoms with Crippen molar-refractivity contribution in [1.82, 2.24) is 4.98 Å². The van der Waals surface area contributed by atoms with Crippen LogP contribution in [0.15, 0.2) is 65.1 Å². The van der Waals surface area contributed by atoms with E-state index < -0.39 is 11.2 Å². The first-order valence-electron chi connectivity index (χ1n) is 7.67. The molecule has 1 heterocycles. The Kier molecular flexibility index (Phi) is 5.01. The maximum Gasteiger partial charge on any atom is 0.328 e. The molecule has 0 bridgehead atoms. The fourth-order valence-electron chi connectivity index (χ4n) is 2.35. The van der Waals surface area contributed by atoms with E-state index in [0.717, 1.165) is 11.1 Å². The topological polar surface area (TPSA) is 52.3 Å². The van der Waals surface area contributed by atoms with Gasteiger partial charge in [0.25, 0.3) is 0 Å². The minimum atomic E-state index is -0.857. The lowest BCUT2D eigenvalue weighted by Crippen LogP contribution is -2.11. The Balaban J connectivity index is 2.08. The largest absolute Gasteiger partial charge is 0.465 e. The minimum absolute atomic E-state index is 0.231. The zero-order chi connectivity index (χ0) is 16.9. The molecule has 0 aliphatic carbocycles. The van der Waals surface area contributed by atoms with E-state index in [4.69, 9.17) is 9.15 Å². The SMILES string of the molecule is CCOC(=O)C(S)c1nc(-c2ccccc2)c(-c2ccccc2)o1. The maximum atomic E-state index is 11.9. The molecule has 0 aliphatic heterocycles. The summed E-state index contributed by atoms with van der Waals surface area (Å²) in [5, 5.41) is -0.857. The summed E-state index contributed by atoms with van der Waals surface area (Å²) in [6.45, 7) is 2.03. The number of carbonyl (C=O) groups excluding carboxylic acids is 1. The molecule has 0 N–H and O–H groups in total. The van der Waals surface area contributed by atoms with Gasteiger partial charge in [0, 0.05) is 11.1 Å². The van der Waals surface area contributed by atoms with Crippen LogP contribution in [0.4, 0.5) is 0 Å². The average molecular weight is 339 g/mol. The number of esters is 1. The van der Waals surface area contributed by atoms with E-state index in [1.54, 1.807) is 6.92 Å². The predicted octanol–water partition coefficient (Wildman–Crippen LogP) is 4.54. The van der Waals surface area contributed by atoms with Crippen LogP contribution in [0.25, 0.3) is 22.6 Å². The van der Waals surface area contributed by atoms with E-state index in [9.17, 15) is 4.79 Å². The van der Waals surface area contributed by atoms with Crippen LogP contribution in [0, 0.1) is 0 Å². The molecule has 0 spiro atoms. The summed E-state index contributed by atoms with van der Waals surface area (Å²) >= 11 is 4.30. The molecule has 3 aromatic rings. The third-order valence-corrected chi connectivity index (χ3v) is 3.90. The predicted molar refractivity (Wildman–Crippen MR) is 95.7 cm³/mol. The van der Waals surface area contributed by atoms with Crippen LogP contribution in [0.2, 0.25) is 0 Å². The minimum Gasteiger partial charge on any atom is -0.465 e. The molecule has 4 nitrogen and oxygen atoms in total. The quantitative estimate of drug-likeness (QED) is 0.547. The number of thiol groups is 1. The molecule has 1 unspecified atom stereocenters. The summed E-state index contributed by atoms with van der Waals surface area (Å²) in [4.78, 5) is 16.5. The Morgan fingerprint density at radius 3 is 2.25 bits per heavy atom. The number of hydrogen-bond donors (Lipinski definition) is 1. The van der Waals surface area contributed by atoms with Crippen molar-refractivity contribution >= 4 is 18.6 Å². The van der Waals surface area contributed by atoms with Crippen LogP contribution < -0.4 is 0 Å². The Bertz CT molecular complexity index is 758. The van der Waals surface area contributed by atoms with E-state index in [0.29, 0.717) is 11.5 Å². The van der Waals surface area contributed by atoms with Gasteiger partial charge in [0.05, 0.1) is 6.61 Å². The normalized spacial score (nSPS) is 11.9. The summed E-state index contributed by atoms with van der Waals surface area (Å²) < 4.78 is 10.9. The summed E-state index contributed by atoms with van der Waals surface area (Å²) in [6.07, 6.45) is 0. The lowest BCUT2D eigenvalue weighted by molar-refractivity contribution is -0.142. The van der Waals surface area contributed by atoms with Gasteiger partial charge in [-0.3, -0.25) is 4.79 Å². The van der Waals surface area contributed by atoms with Gasteiger partial charge in [-0.15, -0.1) is 0 Å². The van der Waals surface area contributed by atoms with E-state index in [-0.39, 0.29) is 12.5 Å². The van der Waals surface area contributed by atoms with Crippen LogP contribution in [0.1, 0.15) is 18.1 Å². The highest BCUT2D eigenvalue weighted by Gasteiger charge is 2.26.